The molecule has 0 saturated heterocycles. The maximum Gasteiger partial charge on any atom is 0.268 e. The minimum Gasteiger partial charge on any atom is -0.497 e. The smallest absolute Gasteiger partial charge is 0.268 e. The van der Waals surface area contributed by atoms with Crippen molar-refractivity contribution in [1.82, 2.24) is 4.31 Å². The fraction of sp³-hybridized carbons (Fsp3) is 0.185. The average molecular weight is 521 g/mol. The normalized spacial score (nSPS) is 16.1. The zero-order valence-corrected chi connectivity index (χ0v) is 21.0. The molecular weight excluding hydrogens is 496 g/mol. The molecule has 1 N–H and O–H groups in total. The molecule has 2 aliphatic rings. The molecule has 9 nitrogen and oxygen atoms in total. The van der Waals surface area contributed by atoms with E-state index < -0.39 is 15.9 Å². The summed E-state index contributed by atoms with van der Waals surface area (Å²) in [4.78, 5) is 25.6. The van der Waals surface area contributed by atoms with Crippen molar-refractivity contribution in [1.29, 1.82) is 0 Å². The van der Waals surface area contributed by atoms with E-state index >= 15 is 0 Å². The maximum atomic E-state index is 13.3. The number of hydrogen-bond donors (Lipinski definition) is 1. The van der Waals surface area contributed by atoms with Gasteiger partial charge >= 0.3 is 0 Å². The molecule has 0 aliphatic carbocycles. The number of amides is 2. The molecule has 0 bridgehead atoms. The fourth-order valence-electron chi connectivity index (χ4n) is 4.21. The van der Waals surface area contributed by atoms with Gasteiger partial charge < -0.3 is 19.5 Å². The number of fused-ring (bicyclic) bond motifs is 1. The first kappa shape index (κ1) is 24.4. The van der Waals surface area contributed by atoms with Gasteiger partial charge in [0.25, 0.3) is 21.8 Å². The molecule has 37 heavy (non-hydrogen) atoms. The van der Waals surface area contributed by atoms with Gasteiger partial charge in [-0.25, -0.2) is 12.7 Å². The predicted molar refractivity (Wildman–Crippen MR) is 137 cm³/mol. The first-order chi connectivity index (χ1) is 17.8. The van der Waals surface area contributed by atoms with Crippen molar-refractivity contribution in [2.45, 2.75) is 13.5 Å². The second kappa shape index (κ2) is 9.62. The van der Waals surface area contributed by atoms with Crippen LogP contribution < -0.4 is 19.5 Å². The van der Waals surface area contributed by atoms with Crippen molar-refractivity contribution in [3.05, 3.63) is 89.0 Å². The van der Waals surface area contributed by atoms with Gasteiger partial charge in [0.1, 0.15) is 23.9 Å². The topological polar surface area (TPSA) is 111 Å². The summed E-state index contributed by atoms with van der Waals surface area (Å²) in [5, 5.41) is 2.81. The Bertz CT molecular complexity index is 1510. The van der Waals surface area contributed by atoms with Crippen molar-refractivity contribution in [2.24, 2.45) is 0 Å². The zero-order chi connectivity index (χ0) is 26.2. The highest BCUT2D eigenvalue weighted by molar-refractivity contribution is 7.99. The van der Waals surface area contributed by atoms with Gasteiger partial charge in [-0.2, -0.15) is 0 Å². The highest BCUT2D eigenvalue weighted by Gasteiger charge is 2.42. The summed E-state index contributed by atoms with van der Waals surface area (Å²) in [5.74, 6) is 0.853. The Labute approximate surface area is 214 Å². The van der Waals surface area contributed by atoms with Gasteiger partial charge in [-0.15, -0.1) is 0 Å². The fourth-order valence-corrected chi connectivity index (χ4v) is 6.02. The molecule has 0 atom stereocenters. The van der Waals surface area contributed by atoms with E-state index in [2.05, 4.69) is 5.32 Å². The molecule has 0 saturated carbocycles. The quantitative estimate of drug-likeness (QED) is 0.526. The van der Waals surface area contributed by atoms with Crippen molar-refractivity contribution >= 4 is 32.4 Å². The molecule has 0 aromatic heterocycles. The van der Waals surface area contributed by atoms with Crippen LogP contribution in [0, 0.1) is 0 Å². The number of nitrogens with one attached hydrogen (secondary N) is 1. The zero-order valence-electron chi connectivity index (χ0n) is 20.2. The standard InChI is InChI=1S/C27H24N2O7S/c1-17-25(19-7-10-22(34-2)11-8-19)37(32,33)29(27(17)31)16-18-3-5-20(6-4-18)26(30)28-21-9-12-23-24(15-21)36-14-13-35-23/h3-12,15H,13-14,16H2,1-2H3,(H,28,30). The Balaban J connectivity index is 1.29. The van der Waals surface area contributed by atoms with E-state index in [1.165, 1.54) is 14.0 Å². The van der Waals surface area contributed by atoms with Crippen LogP contribution in [0.4, 0.5) is 5.69 Å². The van der Waals surface area contributed by atoms with Gasteiger partial charge in [0.2, 0.25) is 0 Å². The number of rotatable bonds is 6. The third kappa shape index (κ3) is 4.63. The number of benzene rings is 3. The Kier molecular flexibility index (Phi) is 6.34. The van der Waals surface area contributed by atoms with E-state index in [1.54, 1.807) is 66.7 Å². The van der Waals surface area contributed by atoms with Crippen LogP contribution >= 0.6 is 0 Å². The van der Waals surface area contributed by atoms with Crippen LogP contribution in [0.1, 0.15) is 28.4 Å². The summed E-state index contributed by atoms with van der Waals surface area (Å²) in [6.45, 7) is 2.28. The van der Waals surface area contributed by atoms with E-state index in [4.69, 9.17) is 14.2 Å². The number of carbonyl (C=O) groups is 2. The van der Waals surface area contributed by atoms with E-state index in [0.717, 1.165) is 4.31 Å². The van der Waals surface area contributed by atoms with E-state index in [0.29, 0.717) is 52.8 Å². The van der Waals surface area contributed by atoms with Gasteiger partial charge in [0.15, 0.2) is 11.5 Å². The molecule has 3 aromatic rings. The highest BCUT2D eigenvalue weighted by atomic mass is 32.2. The average Bonchev–Trinajstić information content (AvgIpc) is 3.08. The highest BCUT2D eigenvalue weighted by Crippen LogP contribution is 2.37. The maximum absolute atomic E-state index is 13.3. The predicted octanol–water partition coefficient (Wildman–Crippen LogP) is 3.82. The minimum absolute atomic E-state index is 0.0180. The van der Waals surface area contributed by atoms with Gasteiger partial charge in [0.05, 0.1) is 13.7 Å². The van der Waals surface area contributed by atoms with Crippen LogP contribution in [0.25, 0.3) is 4.91 Å². The third-order valence-corrected chi connectivity index (χ3v) is 8.06. The number of hydrogen-bond acceptors (Lipinski definition) is 7. The van der Waals surface area contributed by atoms with Gasteiger partial charge in [-0.1, -0.05) is 12.1 Å². The molecule has 0 radical (unpaired) electrons. The van der Waals surface area contributed by atoms with Gasteiger partial charge in [-0.05, 0) is 66.6 Å². The summed E-state index contributed by atoms with van der Waals surface area (Å²) >= 11 is 0. The molecule has 190 valence electrons. The van der Waals surface area contributed by atoms with Gasteiger partial charge in [0, 0.05) is 22.9 Å². The molecular formula is C27H24N2O7S. The van der Waals surface area contributed by atoms with E-state index in [9.17, 15) is 18.0 Å². The molecule has 0 spiro atoms. The van der Waals surface area contributed by atoms with Crippen LogP contribution in [-0.2, 0) is 21.4 Å². The second-order valence-electron chi connectivity index (χ2n) is 8.51. The lowest BCUT2D eigenvalue weighted by Gasteiger charge is -2.19. The first-order valence-corrected chi connectivity index (χ1v) is 12.9. The van der Waals surface area contributed by atoms with E-state index in [1.807, 2.05) is 0 Å². The summed E-state index contributed by atoms with van der Waals surface area (Å²) < 4.78 is 43.6. The van der Waals surface area contributed by atoms with Crippen LogP contribution in [0.15, 0.2) is 72.3 Å². The monoisotopic (exact) mass is 520 g/mol. The molecule has 5 rings (SSSR count). The summed E-state index contributed by atoms with van der Waals surface area (Å²) in [6.07, 6.45) is 0. The largest absolute Gasteiger partial charge is 0.497 e. The molecule has 10 heteroatoms. The minimum atomic E-state index is -4.05. The molecule has 3 aromatic carbocycles. The third-order valence-electron chi connectivity index (χ3n) is 6.13. The lowest BCUT2D eigenvalue weighted by atomic mass is 10.1. The lowest BCUT2D eigenvalue weighted by Crippen LogP contribution is -2.30. The molecule has 0 fully saturated rings. The number of sulfonamides is 1. The van der Waals surface area contributed by atoms with Crippen LogP contribution in [-0.4, -0.2) is 44.9 Å². The molecule has 2 aliphatic heterocycles. The van der Waals surface area contributed by atoms with E-state index in [-0.39, 0.29) is 22.9 Å². The Morgan fingerprint density at radius 3 is 2.32 bits per heavy atom. The van der Waals surface area contributed by atoms with Crippen molar-refractivity contribution < 1.29 is 32.2 Å². The summed E-state index contributed by atoms with van der Waals surface area (Å²) in [5.41, 5.74) is 2.07. The number of methoxy groups -OCH3 is 1. The Hall–Kier alpha value is -4.31. The number of ether oxygens (including phenoxy) is 3. The number of anilines is 1. The SMILES string of the molecule is COc1ccc(C2=C(C)C(=O)N(Cc3ccc(C(=O)Nc4ccc5c(c4)OCCO5)cc3)S2(=O)=O)cc1. The summed E-state index contributed by atoms with van der Waals surface area (Å²) in [6, 6.07) is 18.1. The van der Waals surface area contributed by atoms with Crippen LogP contribution in [0.2, 0.25) is 0 Å². The molecule has 0 unspecified atom stereocenters. The Morgan fingerprint density at radius 1 is 0.973 bits per heavy atom. The van der Waals surface area contributed by atoms with Gasteiger partial charge in [-0.3, -0.25) is 9.59 Å². The van der Waals surface area contributed by atoms with Crippen molar-refractivity contribution in [3.8, 4) is 17.2 Å². The van der Waals surface area contributed by atoms with Crippen LogP contribution in [0.5, 0.6) is 17.2 Å². The lowest BCUT2D eigenvalue weighted by molar-refractivity contribution is -0.122. The molecule has 2 amide bonds. The van der Waals surface area contributed by atoms with Crippen molar-refractivity contribution in [2.75, 3.05) is 25.6 Å². The van der Waals surface area contributed by atoms with Crippen LogP contribution in [0.3, 0.4) is 0 Å². The molecule has 2 heterocycles. The van der Waals surface area contributed by atoms with Crippen molar-refractivity contribution in [3.63, 3.8) is 0 Å². The first-order valence-electron chi connectivity index (χ1n) is 11.5. The Morgan fingerprint density at radius 2 is 1.65 bits per heavy atom. The second-order valence-corrected chi connectivity index (χ2v) is 10.3. The number of carbonyl (C=O) groups excluding carboxylic acids is 2. The number of nitrogens with zero attached hydrogens (tertiary/aromatic N) is 1. The summed E-state index contributed by atoms with van der Waals surface area (Å²) in [7, 11) is -2.53.